The van der Waals surface area contributed by atoms with Gasteiger partial charge in [0.1, 0.15) is 0 Å². The van der Waals surface area contributed by atoms with Crippen molar-refractivity contribution in [2.24, 2.45) is 5.92 Å². The number of quaternary nitrogens is 1. The predicted molar refractivity (Wildman–Crippen MR) is 103 cm³/mol. The summed E-state index contributed by atoms with van der Waals surface area (Å²) in [6.45, 7) is 4.58. The topological polar surface area (TPSA) is 0 Å². The first-order chi connectivity index (χ1) is 11.0. The fourth-order valence-electron chi connectivity index (χ4n) is 3.12. The van der Waals surface area contributed by atoms with Crippen LogP contribution in [0.3, 0.4) is 0 Å². The van der Waals surface area contributed by atoms with Gasteiger partial charge in [-0.15, -0.1) is 11.8 Å². The highest BCUT2D eigenvalue weighted by Gasteiger charge is 2.31. The van der Waals surface area contributed by atoms with E-state index < -0.39 is 0 Å². The van der Waals surface area contributed by atoms with Gasteiger partial charge in [0.25, 0.3) is 0 Å². The van der Waals surface area contributed by atoms with E-state index in [1.807, 2.05) is 17.8 Å². The lowest BCUT2D eigenvalue weighted by atomic mass is 9.85. The summed E-state index contributed by atoms with van der Waals surface area (Å²) in [6, 6.07) is 8.77. The van der Waals surface area contributed by atoms with Crippen LogP contribution >= 0.6 is 23.4 Å². The van der Waals surface area contributed by atoms with Crippen molar-refractivity contribution in [2.45, 2.75) is 23.5 Å². The molecule has 0 fully saturated rings. The summed E-state index contributed by atoms with van der Waals surface area (Å²) in [7, 11) is 4.60. The molecule has 1 heterocycles. The molecular weight excluding hydrogens is 322 g/mol. The summed E-state index contributed by atoms with van der Waals surface area (Å²) < 4.78 is 1.06. The molecule has 1 nitrogen and oxygen atoms in total. The van der Waals surface area contributed by atoms with Crippen molar-refractivity contribution in [3.05, 3.63) is 59.2 Å². The van der Waals surface area contributed by atoms with Crippen molar-refractivity contribution >= 4 is 28.9 Å². The third kappa shape index (κ3) is 3.76. The van der Waals surface area contributed by atoms with Gasteiger partial charge in [-0.05, 0) is 30.2 Å². The monoisotopic (exact) mass is 346 g/mol. The van der Waals surface area contributed by atoms with E-state index in [-0.39, 0.29) is 0 Å². The zero-order valence-electron chi connectivity index (χ0n) is 14.1. The van der Waals surface area contributed by atoms with E-state index in [2.05, 4.69) is 63.5 Å². The van der Waals surface area contributed by atoms with Crippen LogP contribution in [0, 0.1) is 5.92 Å². The Morgan fingerprint density at radius 1 is 1.26 bits per heavy atom. The summed E-state index contributed by atoms with van der Waals surface area (Å²) in [6.07, 6.45) is 10.1. The SMILES string of the molecule is CC[N+](C)(C)CC/C=C1/c2ccccc2S[C@@H]2C=CC(Cl)=C[C@@H]12. The van der Waals surface area contributed by atoms with Crippen LogP contribution in [0.4, 0.5) is 0 Å². The number of benzene rings is 1. The summed E-state index contributed by atoms with van der Waals surface area (Å²) in [5.41, 5.74) is 2.83. The molecule has 0 saturated carbocycles. The predicted octanol–water partition coefficient (Wildman–Crippen LogP) is 5.34. The average molecular weight is 347 g/mol. The fraction of sp³-hybridized carbons (Fsp3) is 0.400. The molecule has 122 valence electrons. The largest absolute Gasteiger partial charge is 0.328 e. The molecule has 0 unspecified atom stereocenters. The Kier molecular flexibility index (Phi) is 5.05. The fourth-order valence-corrected chi connectivity index (χ4v) is 4.62. The quantitative estimate of drug-likeness (QED) is 0.663. The van der Waals surface area contributed by atoms with E-state index in [1.54, 1.807) is 0 Å². The Morgan fingerprint density at radius 3 is 2.83 bits per heavy atom. The molecular formula is C20H25ClNS+. The molecule has 23 heavy (non-hydrogen) atoms. The molecule has 0 amide bonds. The van der Waals surface area contributed by atoms with Crippen LogP contribution in [0.5, 0.6) is 0 Å². The second-order valence-electron chi connectivity index (χ2n) is 6.94. The normalized spacial score (nSPS) is 25.0. The standard InChI is InChI=1S/C20H25ClNS/c1-4-22(2,3)13-7-9-16-17-8-5-6-10-19(17)23-20-12-11-15(21)14-18(16)20/h5-6,8-12,14,18,20H,4,7,13H2,1-3H3/q+1/b16-9-/t18-,20+/m0/s1. The molecule has 0 N–H and O–H groups in total. The molecule has 0 radical (unpaired) electrons. The maximum absolute atomic E-state index is 6.29. The van der Waals surface area contributed by atoms with Gasteiger partial charge in [-0.1, -0.05) is 48.0 Å². The molecule has 3 rings (SSSR count). The Bertz CT molecular complexity index is 672. The Balaban J connectivity index is 1.92. The van der Waals surface area contributed by atoms with Gasteiger partial charge in [0, 0.05) is 27.5 Å². The summed E-state index contributed by atoms with van der Waals surface area (Å²) in [4.78, 5) is 1.39. The first-order valence-electron chi connectivity index (χ1n) is 8.34. The van der Waals surface area contributed by atoms with Gasteiger partial charge < -0.3 is 4.48 Å². The minimum Gasteiger partial charge on any atom is -0.328 e. The Labute approximate surface area is 149 Å². The minimum absolute atomic E-state index is 0.393. The van der Waals surface area contributed by atoms with Gasteiger partial charge >= 0.3 is 0 Å². The Morgan fingerprint density at radius 2 is 2.04 bits per heavy atom. The highest BCUT2D eigenvalue weighted by Crippen LogP contribution is 2.48. The molecule has 0 aromatic heterocycles. The third-order valence-electron chi connectivity index (χ3n) is 4.91. The Hall–Kier alpha value is -0.960. The zero-order valence-corrected chi connectivity index (χ0v) is 15.7. The van der Waals surface area contributed by atoms with E-state index >= 15 is 0 Å². The number of thioether (sulfide) groups is 1. The maximum Gasteiger partial charge on any atom is 0.0817 e. The van der Waals surface area contributed by atoms with Crippen molar-refractivity contribution in [2.75, 3.05) is 27.2 Å². The second-order valence-corrected chi connectivity index (χ2v) is 8.60. The third-order valence-corrected chi connectivity index (χ3v) is 6.50. The molecule has 0 bridgehead atoms. The molecule has 0 saturated heterocycles. The number of fused-ring (bicyclic) bond motifs is 2. The van der Waals surface area contributed by atoms with Crippen molar-refractivity contribution in [1.82, 2.24) is 0 Å². The lowest BCUT2D eigenvalue weighted by Gasteiger charge is -2.34. The van der Waals surface area contributed by atoms with Crippen LogP contribution in [0.15, 0.2) is 58.5 Å². The van der Waals surface area contributed by atoms with Crippen molar-refractivity contribution < 1.29 is 4.48 Å². The molecule has 2 atom stereocenters. The van der Waals surface area contributed by atoms with E-state index in [1.165, 1.54) is 22.6 Å². The number of hydrogen-bond donors (Lipinski definition) is 0. The van der Waals surface area contributed by atoms with Crippen LogP contribution in [0.1, 0.15) is 18.9 Å². The lowest BCUT2D eigenvalue weighted by Crippen LogP contribution is -2.39. The van der Waals surface area contributed by atoms with Gasteiger partial charge in [-0.3, -0.25) is 0 Å². The molecule has 2 aliphatic rings. The van der Waals surface area contributed by atoms with Gasteiger partial charge in [0.15, 0.2) is 0 Å². The number of allylic oxidation sites excluding steroid dienone is 4. The van der Waals surface area contributed by atoms with Gasteiger partial charge in [-0.2, -0.15) is 0 Å². The first kappa shape index (κ1) is 16.9. The van der Waals surface area contributed by atoms with Crippen LogP contribution in [0.2, 0.25) is 0 Å². The summed E-state index contributed by atoms with van der Waals surface area (Å²) >= 11 is 8.25. The van der Waals surface area contributed by atoms with Gasteiger partial charge in [0.2, 0.25) is 0 Å². The van der Waals surface area contributed by atoms with E-state index in [0.717, 1.165) is 22.5 Å². The first-order valence-corrected chi connectivity index (χ1v) is 9.59. The van der Waals surface area contributed by atoms with Crippen molar-refractivity contribution in [3.8, 4) is 0 Å². The van der Waals surface area contributed by atoms with E-state index in [4.69, 9.17) is 11.6 Å². The van der Waals surface area contributed by atoms with Crippen molar-refractivity contribution in [1.29, 1.82) is 0 Å². The van der Waals surface area contributed by atoms with E-state index in [0.29, 0.717) is 11.2 Å². The maximum atomic E-state index is 6.29. The van der Waals surface area contributed by atoms with Crippen LogP contribution in [0.25, 0.3) is 5.57 Å². The molecule has 1 aromatic carbocycles. The van der Waals surface area contributed by atoms with Gasteiger partial charge in [0.05, 0.1) is 27.2 Å². The highest BCUT2D eigenvalue weighted by atomic mass is 35.5. The lowest BCUT2D eigenvalue weighted by molar-refractivity contribution is -0.888. The number of halogens is 1. The molecule has 1 aliphatic carbocycles. The molecule has 1 aromatic rings. The van der Waals surface area contributed by atoms with E-state index in [9.17, 15) is 0 Å². The second kappa shape index (κ2) is 6.88. The van der Waals surface area contributed by atoms with Crippen LogP contribution in [-0.2, 0) is 0 Å². The van der Waals surface area contributed by atoms with Crippen LogP contribution in [-0.4, -0.2) is 36.9 Å². The number of rotatable bonds is 4. The number of nitrogens with zero attached hydrogens (tertiary/aromatic N) is 1. The van der Waals surface area contributed by atoms with Crippen LogP contribution < -0.4 is 0 Å². The molecule has 3 heteroatoms. The van der Waals surface area contributed by atoms with Crippen molar-refractivity contribution in [3.63, 3.8) is 0 Å². The van der Waals surface area contributed by atoms with Gasteiger partial charge in [-0.25, -0.2) is 0 Å². The smallest absolute Gasteiger partial charge is 0.0817 e. The highest BCUT2D eigenvalue weighted by molar-refractivity contribution is 8.00. The number of hydrogen-bond acceptors (Lipinski definition) is 1. The molecule has 0 spiro atoms. The average Bonchev–Trinajstić information content (AvgIpc) is 2.54. The zero-order chi connectivity index (χ0) is 16.4. The summed E-state index contributed by atoms with van der Waals surface area (Å²) in [5, 5.41) is 1.33. The summed E-state index contributed by atoms with van der Waals surface area (Å²) in [5.74, 6) is 0.393. The minimum atomic E-state index is 0.393. The molecule has 1 aliphatic heterocycles.